The van der Waals surface area contributed by atoms with Crippen molar-refractivity contribution >= 4 is 27.3 Å². The van der Waals surface area contributed by atoms with Gasteiger partial charge in [0.2, 0.25) is 0 Å². The van der Waals surface area contributed by atoms with Gasteiger partial charge in [0.25, 0.3) is 0 Å². The van der Waals surface area contributed by atoms with E-state index in [-0.39, 0.29) is 12.5 Å². The van der Waals surface area contributed by atoms with Gasteiger partial charge in [0, 0.05) is 22.2 Å². The monoisotopic (exact) mass is 311 g/mol. The Morgan fingerprint density at radius 1 is 1.24 bits per heavy atom. The van der Waals surface area contributed by atoms with Gasteiger partial charge in [-0.25, -0.2) is 0 Å². The number of hydrogen-bond donors (Lipinski definition) is 1. The van der Waals surface area contributed by atoms with Crippen molar-refractivity contribution < 1.29 is 5.11 Å². The highest BCUT2D eigenvalue weighted by Crippen LogP contribution is 2.18. The van der Waals surface area contributed by atoms with Crippen molar-refractivity contribution in [2.75, 3.05) is 6.61 Å². The Kier molecular flexibility index (Phi) is 4.71. The molecule has 0 aliphatic rings. The lowest BCUT2D eigenvalue weighted by atomic mass is 9.96. The van der Waals surface area contributed by atoms with E-state index in [0.29, 0.717) is 0 Å². The number of rotatable bonds is 5. The smallest absolute Gasteiger partial charge is 0.0794 e. The van der Waals surface area contributed by atoms with Gasteiger partial charge in [-0.2, -0.15) is 0 Å². The number of nitrogens with zero attached hydrogens (tertiary/aromatic N) is 1. The molecule has 17 heavy (non-hydrogen) atoms. The highest BCUT2D eigenvalue weighted by molar-refractivity contribution is 9.10. The molecule has 0 spiro atoms. The maximum Gasteiger partial charge on any atom is 0.0794 e. The molecular formula is C13H14BrNOS. The van der Waals surface area contributed by atoms with Gasteiger partial charge in [-0.1, -0.05) is 28.1 Å². The Balaban J connectivity index is 1.97. The van der Waals surface area contributed by atoms with E-state index >= 15 is 0 Å². The number of benzene rings is 1. The number of aliphatic hydroxyl groups is 1. The molecule has 1 N–H and O–H groups in total. The molecule has 0 fully saturated rings. The Morgan fingerprint density at radius 2 is 2.00 bits per heavy atom. The number of aliphatic hydroxyl groups excluding tert-OH is 1. The van der Waals surface area contributed by atoms with Crippen LogP contribution in [0.4, 0.5) is 0 Å². The Hall–Kier alpha value is -0.710. The summed E-state index contributed by atoms with van der Waals surface area (Å²) in [5.41, 5.74) is 3.10. The summed E-state index contributed by atoms with van der Waals surface area (Å²) < 4.78 is 1.09. The first-order valence-corrected chi connectivity index (χ1v) is 7.18. The summed E-state index contributed by atoms with van der Waals surface area (Å²) in [4.78, 5) is 5.30. The highest BCUT2D eigenvalue weighted by atomic mass is 79.9. The number of thiazole rings is 1. The van der Waals surface area contributed by atoms with Crippen LogP contribution in [0.5, 0.6) is 0 Å². The van der Waals surface area contributed by atoms with E-state index in [1.165, 1.54) is 10.4 Å². The minimum atomic E-state index is 0.216. The standard InChI is InChI=1S/C13H14BrNOS/c14-12-3-1-10(2-4-12)5-11(8-16)6-13-7-15-9-17-13/h1-4,7,9,11,16H,5-6,8H2. The van der Waals surface area contributed by atoms with E-state index < -0.39 is 0 Å². The third-order valence-corrected chi connectivity index (χ3v) is 4.00. The predicted octanol–water partition coefficient (Wildman–Crippen LogP) is 3.30. The van der Waals surface area contributed by atoms with E-state index in [0.717, 1.165) is 17.3 Å². The summed E-state index contributed by atoms with van der Waals surface area (Å²) in [6.07, 6.45) is 3.69. The fourth-order valence-electron chi connectivity index (χ4n) is 1.78. The van der Waals surface area contributed by atoms with E-state index in [2.05, 4.69) is 33.0 Å². The lowest BCUT2D eigenvalue weighted by molar-refractivity contribution is 0.225. The number of halogens is 1. The van der Waals surface area contributed by atoms with Gasteiger partial charge in [0.05, 0.1) is 5.51 Å². The van der Waals surface area contributed by atoms with E-state index in [1.807, 2.05) is 23.8 Å². The van der Waals surface area contributed by atoms with Crippen molar-refractivity contribution in [3.8, 4) is 0 Å². The zero-order valence-electron chi connectivity index (χ0n) is 9.34. The molecule has 0 saturated heterocycles. The molecule has 4 heteroatoms. The largest absolute Gasteiger partial charge is 0.396 e. The van der Waals surface area contributed by atoms with Gasteiger partial charge in [-0.3, -0.25) is 4.98 Å². The molecule has 0 radical (unpaired) electrons. The Bertz CT molecular complexity index is 441. The SMILES string of the molecule is OCC(Cc1ccc(Br)cc1)Cc1cncs1. The second-order valence-corrected chi connectivity index (χ2v) is 5.94. The van der Waals surface area contributed by atoms with Gasteiger partial charge < -0.3 is 5.11 Å². The first-order valence-electron chi connectivity index (χ1n) is 5.50. The molecule has 0 aliphatic carbocycles. The normalized spacial score (nSPS) is 12.6. The van der Waals surface area contributed by atoms with Crippen LogP contribution in [-0.4, -0.2) is 16.7 Å². The van der Waals surface area contributed by atoms with Crippen molar-refractivity contribution in [1.29, 1.82) is 0 Å². The van der Waals surface area contributed by atoms with Crippen molar-refractivity contribution in [1.82, 2.24) is 4.98 Å². The molecule has 1 aromatic heterocycles. The maximum atomic E-state index is 9.42. The molecule has 90 valence electrons. The molecule has 1 atom stereocenters. The van der Waals surface area contributed by atoms with Crippen LogP contribution in [0, 0.1) is 5.92 Å². The van der Waals surface area contributed by atoms with Crippen LogP contribution in [0.3, 0.4) is 0 Å². The first kappa shape index (κ1) is 12.7. The van der Waals surface area contributed by atoms with Gasteiger partial charge >= 0.3 is 0 Å². The molecule has 0 aliphatic heterocycles. The number of hydrogen-bond acceptors (Lipinski definition) is 3. The van der Waals surface area contributed by atoms with Crippen molar-refractivity contribution in [3.05, 3.63) is 50.9 Å². The van der Waals surface area contributed by atoms with Gasteiger partial charge in [-0.05, 0) is 36.5 Å². The molecule has 0 bridgehead atoms. The third kappa shape index (κ3) is 3.91. The highest BCUT2D eigenvalue weighted by Gasteiger charge is 2.10. The summed E-state index contributed by atoms with van der Waals surface area (Å²) in [7, 11) is 0. The Labute approximate surface area is 113 Å². The molecule has 1 aromatic carbocycles. The number of aromatic nitrogens is 1. The lowest BCUT2D eigenvalue weighted by Crippen LogP contribution is -2.12. The van der Waals surface area contributed by atoms with Crippen LogP contribution in [-0.2, 0) is 12.8 Å². The van der Waals surface area contributed by atoms with Crippen LogP contribution < -0.4 is 0 Å². The summed E-state index contributed by atoms with van der Waals surface area (Å²) in [6, 6.07) is 8.27. The second-order valence-electron chi connectivity index (χ2n) is 4.05. The van der Waals surface area contributed by atoms with Crippen molar-refractivity contribution in [3.63, 3.8) is 0 Å². The van der Waals surface area contributed by atoms with E-state index in [4.69, 9.17) is 0 Å². The summed E-state index contributed by atoms with van der Waals surface area (Å²) in [5, 5.41) is 9.42. The zero-order chi connectivity index (χ0) is 12.1. The topological polar surface area (TPSA) is 33.1 Å². The average Bonchev–Trinajstić information content (AvgIpc) is 2.84. The van der Waals surface area contributed by atoms with Crippen LogP contribution in [0.25, 0.3) is 0 Å². The first-order chi connectivity index (χ1) is 8.28. The fourth-order valence-corrected chi connectivity index (χ4v) is 2.76. The van der Waals surface area contributed by atoms with Crippen LogP contribution in [0.2, 0.25) is 0 Å². The fraction of sp³-hybridized carbons (Fsp3) is 0.308. The minimum Gasteiger partial charge on any atom is -0.396 e. The molecule has 1 heterocycles. The van der Waals surface area contributed by atoms with Gasteiger partial charge in [0.15, 0.2) is 0 Å². The zero-order valence-corrected chi connectivity index (χ0v) is 11.7. The van der Waals surface area contributed by atoms with Crippen molar-refractivity contribution in [2.24, 2.45) is 5.92 Å². The molecule has 2 nitrogen and oxygen atoms in total. The minimum absolute atomic E-state index is 0.216. The molecule has 0 amide bonds. The summed E-state index contributed by atoms with van der Waals surface area (Å²) in [6.45, 7) is 0.216. The summed E-state index contributed by atoms with van der Waals surface area (Å²) in [5.74, 6) is 0.275. The molecule has 1 unspecified atom stereocenters. The predicted molar refractivity (Wildman–Crippen MR) is 74.2 cm³/mol. The van der Waals surface area contributed by atoms with Crippen LogP contribution >= 0.6 is 27.3 Å². The quantitative estimate of drug-likeness (QED) is 0.919. The van der Waals surface area contributed by atoms with Gasteiger partial charge in [-0.15, -0.1) is 11.3 Å². The third-order valence-electron chi connectivity index (χ3n) is 2.67. The van der Waals surface area contributed by atoms with Gasteiger partial charge in [0.1, 0.15) is 0 Å². The van der Waals surface area contributed by atoms with Crippen LogP contribution in [0.15, 0.2) is 40.4 Å². The van der Waals surface area contributed by atoms with E-state index in [9.17, 15) is 5.11 Å². The van der Waals surface area contributed by atoms with Crippen molar-refractivity contribution in [2.45, 2.75) is 12.8 Å². The Morgan fingerprint density at radius 3 is 2.59 bits per heavy atom. The average molecular weight is 312 g/mol. The molecular weight excluding hydrogens is 298 g/mol. The summed E-state index contributed by atoms with van der Waals surface area (Å²) >= 11 is 5.07. The maximum absolute atomic E-state index is 9.42. The molecule has 2 aromatic rings. The van der Waals surface area contributed by atoms with Crippen LogP contribution in [0.1, 0.15) is 10.4 Å². The molecule has 2 rings (SSSR count). The molecule has 0 saturated carbocycles. The second kappa shape index (κ2) is 6.28. The lowest BCUT2D eigenvalue weighted by Gasteiger charge is -2.12. The van der Waals surface area contributed by atoms with E-state index in [1.54, 1.807) is 11.3 Å².